The summed E-state index contributed by atoms with van der Waals surface area (Å²) < 4.78 is 46.3. The second kappa shape index (κ2) is 8.71. The SMILES string of the molecule is COc1cc(C(=O)O)c(F)cc1NS(=O)(=O)c1csc(C#Cc2cccc(Cl)c2)n1. The lowest BCUT2D eigenvalue weighted by atomic mass is 10.2. The molecule has 7 nitrogen and oxygen atoms in total. The Kier molecular flexibility index (Phi) is 6.26. The van der Waals surface area contributed by atoms with Crippen molar-refractivity contribution in [2.75, 3.05) is 11.8 Å². The highest BCUT2D eigenvalue weighted by Crippen LogP contribution is 2.30. The predicted octanol–water partition coefficient (Wildman–Crippen LogP) is 3.84. The Hall–Kier alpha value is -3.13. The molecule has 0 atom stereocenters. The first kappa shape index (κ1) is 21.6. The van der Waals surface area contributed by atoms with Gasteiger partial charge >= 0.3 is 5.97 Å². The third-order valence-corrected chi connectivity index (χ3v) is 6.05. The summed E-state index contributed by atoms with van der Waals surface area (Å²) in [5, 5.41) is 10.7. The average Bonchev–Trinajstić information content (AvgIpc) is 3.16. The Morgan fingerprint density at radius 3 is 2.73 bits per heavy atom. The van der Waals surface area contributed by atoms with Crippen LogP contribution in [-0.4, -0.2) is 31.6 Å². The topological polar surface area (TPSA) is 106 Å². The molecule has 1 aromatic heterocycles. The molecule has 0 saturated heterocycles. The van der Waals surface area contributed by atoms with E-state index in [1.54, 1.807) is 24.3 Å². The van der Waals surface area contributed by atoms with Crippen molar-refractivity contribution in [2.24, 2.45) is 0 Å². The standard InChI is InChI=1S/C19H12ClFN2O5S2/c1-28-16-8-13(19(24)25)14(21)9-15(16)23-30(26,27)18-10-29-17(22-18)6-5-11-3-2-4-12(20)7-11/h2-4,7-10,23H,1H3,(H,24,25). The van der Waals surface area contributed by atoms with Gasteiger partial charge in [0, 0.05) is 22.0 Å². The highest BCUT2D eigenvalue weighted by atomic mass is 35.5. The molecule has 1 heterocycles. The maximum atomic E-state index is 14.0. The van der Waals surface area contributed by atoms with Gasteiger partial charge in [0.2, 0.25) is 0 Å². The molecule has 3 rings (SSSR count). The van der Waals surface area contributed by atoms with Gasteiger partial charge in [0.1, 0.15) is 11.6 Å². The molecule has 2 aromatic carbocycles. The summed E-state index contributed by atoms with van der Waals surface area (Å²) in [5.74, 6) is 2.80. The molecule has 0 aliphatic carbocycles. The van der Waals surface area contributed by atoms with Crippen molar-refractivity contribution < 1.29 is 27.4 Å². The van der Waals surface area contributed by atoms with E-state index in [4.69, 9.17) is 21.4 Å². The molecule has 154 valence electrons. The predicted molar refractivity (Wildman–Crippen MR) is 110 cm³/mol. The number of carbonyl (C=O) groups is 1. The number of anilines is 1. The lowest BCUT2D eigenvalue weighted by molar-refractivity contribution is 0.0691. The fourth-order valence-electron chi connectivity index (χ4n) is 2.29. The zero-order valence-corrected chi connectivity index (χ0v) is 17.5. The normalized spacial score (nSPS) is 10.8. The Bertz CT molecular complexity index is 1300. The number of aromatic carboxylic acids is 1. The summed E-state index contributed by atoms with van der Waals surface area (Å²) in [5.41, 5.74) is -0.277. The smallest absolute Gasteiger partial charge is 0.338 e. The van der Waals surface area contributed by atoms with Crippen LogP contribution in [0.15, 0.2) is 46.8 Å². The van der Waals surface area contributed by atoms with Gasteiger partial charge in [0.05, 0.1) is 18.4 Å². The number of rotatable bonds is 5. The summed E-state index contributed by atoms with van der Waals surface area (Å²) in [4.78, 5) is 15.0. The molecular weight excluding hydrogens is 455 g/mol. The zero-order valence-electron chi connectivity index (χ0n) is 15.1. The van der Waals surface area contributed by atoms with Crippen molar-refractivity contribution in [1.82, 2.24) is 4.98 Å². The number of hydrogen-bond acceptors (Lipinski definition) is 6. The van der Waals surface area contributed by atoms with Crippen molar-refractivity contribution in [3.8, 4) is 17.6 Å². The maximum absolute atomic E-state index is 14.0. The van der Waals surface area contributed by atoms with E-state index in [0.717, 1.165) is 23.5 Å². The Morgan fingerprint density at radius 2 is 2.07 bits per heavy atom. The van der Waals surface area contributed by atoms with Gasteiger partial charge in [0.25, 0.3) is 10.0 Å². The van der Waals surface area contributed by atoms with Crippen LogP contribution < -0.4 is 9.46 Å². The van der Waals surface area contributed by atoms with E-state index < -0.39 is 27.4 Å². The van der Waals surface area contributed by atoms with E-state index in [2.05, 4.69) is 21.5 Å². The van der Waals surface area contributed by atoms with Crippen LogP contribution in [0.4, 0.5) is 10.1 Å². The van der Waals surface area contributed by atoms with Crippen LogP contribution in [0.3, 0.4) is 0 Å². The number of hydrogen-bond donors (Lipinski definition) is 2. The molecule has 0 radical (unpaired) electrons. The molecule has 0 fully saturated rings. The zero-order chi connectivity index (χ0) is 21.9. The molecule has 0 bridgehead atoms. The van der Waals surface area contributed by atoms with Crippen LogP contribution in [0.25, 0.3) is 0 Å². The van der Waals surface area contributed by atoms with Crippen LogP contribution in [0.2, 0.25) is 5.02 Å². The van der Waals surface area contributed by atoms with Gasteiger partial charge in [0.15, 0.2) is 10.0 Å². The fourth-order valence-corrected chi connectivity index (χ4v) is 4.49. The van der Waals surface area contributed by atoms with Gasteiger partial charge in [-0.05, 0) is 30.2 Å². The molecule has 0 aliphatic heterocycles. The second-order valence-electron chi connectivity index (χ2n) is 5.69. The Morgan fingerprint density at radius 1 is 1.30 bits per heavy atom. The van der Waals surface area contributed by atoms with Crippen LogP contribution in [-0.2, 0) is 10.0 Å². The Labute approximate surface area is 180 Å². The third kappa shape index (κ3) is 4.88. The molecule has 0 spiro atoms. The quantitative estimate of drug-likeness (QED) is 0.553. The van der Waals surface area contributed by atoms with E-state index in [9.17, 15) is 17.6 Å². The van der Waals surface area contributed by atoms with Crippen LogP contribution >= 0.6 is 22.9 Å². The molecule has 0 saturated carbocycles. The summed E-state index contributed by atoms with van der Waals surface area (Å²) in [6.45, 7) is 0. The Balaban J connectivity index is 1.87. The van der Waals surface area contributed by atoms with Crippen LogP contribution in [0.1, 0.15) is 20.9 Å². The van der Waals surface area contributed by atoms with Gasteiger partial charge < -0.3 is 9.84 Å². The van der Waals surface area contributed by atoms with Crippen molar-refractivity contribution in [3.63, 3.8) is 0 Å². The maximum Gasteiger partial charge on any atom is 0.338 e. The van der Waals surface area contributed by atoms with Gasteiger partial charge in [-0.1, -0.05) is 23.6 Å². The number of thiazole rings is 1. The van der Waals surface area contributed by atoms with E-state index >= 15 is 0 Å². The molecule has 0 unspecified atom stereocenters. The molecule has 30 heavy (non-hydrogen) atoms. The molecule has 3 aromatic rings. The van der Waals surface area contributed by atoms with Crippen molar-refractivity contribution >= 4 is 44.6 Å². The molecular formula is C19H12ClFN2O5S2. The van der Waals surface area contributed by atoms with E-state index in [0.29, 0.717) is 10.6 Å². The van der Waals surface area contributed by atoms with Gasteiger partial charge in [-0.25, -0.2) is 14.2 Å². The number of halogens is 2. The summed E-state index contributed by atoms with van der Waals surface area (Å²) >= 11 is 6.90. The van der Waals surface area contributed by atoms with Gasteiger partial charge in [-0.3, -0.25) is 4.72 Å². The monoisotopic (exact) mass is 466 g/mol. The first-order chi connectivity index (χ1) is 14.2. The number of benzene rings is 2. The first-order valence-electron chi connectivity index (χ1n) is 8.06. The van der Waals surface area contributed by atoms with Crippen molar-refractivity contribution in [1.29, 1.82) is 0 Å². The average molecular weight is 467 g/mol. The number of carboxylic acids is 1. The van der Waals surface area contributed by atoms with E-state index in [1.165, 1.54) is 12.5 Å². The molecule has 0 amide bonds. The minimum atomic E-state index is -4.20. The van der Waals surface area contributed by atoms with Crippen LogP contribution in [0.5, 0.6) is 5.75 Å². The van der Waals surface area contributed by atoms with E-state index in [1.807, 2.05) is 0 Å². The van der Waals surface area contributed by atoms with Crippen LogP contribution in [0, 0.1) is 17.7 Å². The largest absolute Gasteiger partial charge is 0.495 e. The number of nitrogens with one attached hydrogen (secondary N) is 1. The van der Waals surface area contributed by atoms with Crippen molar-refractivity contribution in [2.45, 2.75) is 5.03 Å². The summed E-state index contributed by atoms with van der Waals surface area (Å²) in [7, 11) is -3.00. The third-order valence-electron chi connectivity index (χ3n) is 3.66. The lowest BCUT2D eigenvalue weighted by Gasteiger charge is -2.12. The number of methoxy groups -OCH3 is 1. The molecule has 11 heteroatoms. The number of aromatic nitrogens is 1. The molecule has 2 N–H and O–H groups in total. The minimum Gasteiger partial charge on any atom is -0.495 e. The highest BCUT2D eigenvalue weighted by molar-refractivity contribution is 7.92. The number of sulfonamides is 1. The minimum absolute atomic E-state index is 0.159. The highest BCUT2D eigenvalue weighted by Gasteiger charge is 2.22. The fraction of sp³-hybridized carbons (Fsp3) is 0.0526. The number of carboxylic acid groups (broad SMARTS) is 1. The van der Waals surface area contributed by atoms with E-state index in [-0.39, 0.29) is 21.5 Å². The summed E-state index contributed by atoms with van der Waals surface area (Å²) in [6, 6.07) is 8.45. The number of ether oxygens (including phenoxy) is 1. The van der Waals surface area contributed by atoms with Crippen molar-refractivity contribution in [3.05, 3.63) is 68.8 Å². The number of nitrogens with zero attached hydrogens (tertiary/aromatic N) is 1. The second-order valence-corrected chi connectivity index (χ2v) is 8.62. The summed E-state index contributed by atoms with van der Waals surface area (Å²) in [6.07, 6.45) is 0. The van der Waals surface area contributed by atoms with Gasteiger partial charge in [-0.15, -0.1) is 11.3 Å². The molecule has 0 aliphatic rings. The lowest BCUT2D eigenvalue weighted by Crippen LogP contribution is -2.15. The first-order valence-corrected chi connectivity index (χ1v) is 10.8. The van der Waals surface area contributed by atoms with Gasteiger partial charge in [-0.2, -0.15) is 8.42 Å².